The number of halogens is 3. The first-order chi connectivity index (χ1) is 17.6. The Morgan fingerprint density at radius 3 is 2.43 bits per heavy atom. The van der Waals surface area contributed by atoms with Gasteiger partial charge in [0.15, 0.2) is 17.8 Å². The zero-order valence-corrected chi connectivity index (χ0v) is 20.6. The lowest BCUT2D eigenvalue weighted by molar-refractivity contribution is -0.203. The number of rotatable bonds is 5. The van der Waals surface area contributed by atoms with Crippen LogP contribution in [0.4, 0.5) is 24.7 Å². The molecule has 1 aromatic heterocycles. The van der Waals surface area contributed by atoms with Crippen molar-refractivity contribution in [3.8, 4) is 11.8 Å². The first-order valence-electron chi connectivity index (χ1n) is 11.7. The molecule has 0 spiro atoms. The van der Waals surface area contributed by atoms with Crippen LogP contribution in [-0.2, 0) is 16.7 Å². The van der Waals surface area contributed by atoms with E-state index < -0.39 is 35.7 Å². The second kappa shape index (κ2) is 10.3. The third-order valence-electron chi connectivity index (χ3n) is 6.41. The van der Waals surface area contributed by atoms with E-state index in [0.29, 0.717) is 36.8 Å². The number of hydrogen-bond acceptors (Lipinski definition) is 8. The number of anilines is 2. The van der Waals surface area contributed by atoms with Crippen molar-refractivity contribution in [1.82, 2.24) is 19.4 Å². The molecule has 3 heterocycles. The number of benzene rings is 1. The van der Waals surface area contributed by atoms with Crippen LogP contribution in [0.25, 0.3) is 0 Å². The molecule has 2 aromatic rings. The van der Waals surface area contributed by atoms with Crippen LogP contribution >= 0.6 is 0 Å². The van der Waals surface area contributed by atoms with Gasteiger partial charge in [-0.05, 0) is 19.4 Å². The molecular formula is C24H27F3N6O4. The van der Waals surface area contributed by atoms with Crippen molar-refractivity contribution in [3.63, 3.8) is 0 Å². The number of nitrogens with one attached hydrogen (secondary N) is 1. The highest BCUT2D eigenvalue weighted by molar-refractivity contribution is 5.80. The summed E-state index contributed by atoms with van der Waals surface area (Å²) in [6, 6.07) is 8.21. The van der Waals surface area contributed by atoms with Crippen LogP contribution in [0.2, 0.25) is 0 Å². The molecule has 2 unspecified atom stereocenters. The summed E-state index contributed by atoms with van der Waals surface area (Å²) in [5, 5.41) is 3.87. The summed E-state index contributed by atoms with van der Waals surface area (Å²) in [5.74, 6) is 2.88. The standard InChI is InChI=1S/C24H27F3N6O4/c1-4-5-13-31-18-19(29(3)23(36)32(20(18)34)16(2)17-9-7-6-8-10-17)33(37-21(35)24(25,26)27)22(31)30-14-11-28-12-15-30/h6-10,16,22,28H,11-15H2,1-3H3. The van der Waals surface area contributed by atoms with Gasteiger partial charge in [-0.15, -0.1) is 11.0 Å². The van der Waals surface area contributed by atoms with Crippen molar-refractivity contribution in [2.24, 2.45) is 7.05 Å². The second-order valence-electron chi connectivity index (χ2n) is 8.66. The van der Waals surface area contributed by atoms with Crippen molar-refractivity contribution in [2.75, 3.05) is 42.7 Å². The van der Waals surface area contributed by atoms with Gasteiger partial charge < -0.3 is 15.1 Å². The number of carbonyl (C=O) groups is 1. The molecule has 2 aliphatic rings. The number of carbonyl (C=O) groups excluding carboxylic acids is 1. The summed E-state index contributed by atoms with van der Waals surface area (Å²) in [6.45, 7) is 5.05. The molecule has 0 bridgehead atoms. The molecule has 1 fully saturated rings. The molecule has 10 nitrogen and oxygen atoms in total. The predicted molar refractivity (Wildman–Crippen MR) is 130 cm³/mol. The number of fused-ring (bicyclic) bond motifs is 1. The van der Waals surface area contributed by atoms with Gasteiger partial charge in [-0.2, -0.15) is 13.2 Å². The minimum absolute atomic E-state index is 0.0503. The Morgan fingerprint density at radius 2 is 1.84 bits per heavy atom. The number of aromatic nitrogens is 2. The molecule has 1 saturated heterocycles. The van der Waals surface area contributed by atoms with Gasteiger partial charge in [0.25, 0.3) is 5.56 Å². The minimum atomic E-state index is -5.29. The number of alkyl halides is 3. The Kier molecular flexibility index (Phi) is 7.33. The quantitative estimate of drug-likeness (QED) is 0.585. The lowest BCUT2D eigenvalue weighted by Gasteiger charge is -2.40. The SMILES string of the molecule is CC#CCN1c2c(n(C)c(=O)n(C(C)c3ccccc3)c2=O)N(OC(=O)C(F)(F)F)C1N1CCNCC1. The van der Waals surface area contributed by atoms with E-state index >= 15 is 0 Å². The molecule has 1 N–H and O–H groups in total. The van der Waals surface area contributed by atoms with Crippen molar-refractivity contribution < 1.29 is 22.8 Å². The van der Waals surface area contributed by atoms with E-state index in [1.54, 1.807) is 49.1 Å². The summed E-state index contributed by atoms with van der Waals surface area (Å²) < 4.78 is 41.9. The maximum atomic E-state index is 13.9. The number of hydrogen-bond donors (Lipinski definition) is 1. The summed E-state index contributed by atoms with van der Waals surface area (Å²) >= 11 is 0. The van der Waals surface area contributed by atoms with Crippen molar-refractivity contribution in [1.29, 1.82) is 0 Å². The van der Waals surface area contributed by atoms with E-state index in [4.69, 9.17) is 4.84 Å². The Bertz CT molecular complexity index is 1340. The lowest BCUT2D eigenvalue weighted by atomic mass is 10.1. The molecule has 2 aliphatic heterocycles. The van der Waals surface area contributed by atoms with Gasteiger partial charge >= 0.3 is 17.8 Å². The first kappa shape index (κ1) is 26.3. The van der Waals surface area contributed by atoms with E-state index in [1.807, 2.05) is 0 Å². The summed E-state index contributed by atoms with van der Waals surface area (Å²) in [4.78, 5) is 47.5. The van der Waals surface area contributed by atoms with Gasteiger partial charge in [-0.1, -0.05) is 36.3 Å². The summed E-state index contributed by atoms with van der Waals surface area (Å²) in [5.41, 5.74) is -0.876. The van der Waals surface area contributed by atoms with Crippen LogP contribution in [-0.4, -0.2) is 65.2 Å². The third kappa shape index (κ3) is 4.82. The Morgan fingerprint density at radius 1 is 1.19 bits per heavy atom. The van der Waals surface area contributed by atoms with Gasteiger partial charge in [0.2, 0.25) is 0 Å². The molecule has 1 aromatic carbocycles. The average molecular weight is 521 g/mol. The number of piperazine rings is 1. The average Bonchev–Trinajstić information content (AvgIpc) is 3.20. The topological polar surface area (TPSA) is 92.0 Å². The van der Waals surface area contributed by atoms with Crippen LogP contribution in [0.15, 0.2) is 39.9 Å². The van der Waals surface area contributed by atoms with Crippen LogP contribution in [0.1, 0.15) is 25.5 Å². The summed E-state index contributed by atoms with van der Waals surface area (Å²) in [6.07, 6.45) is -6.41. The maximum Gasteiger partial charge on any atom is 0.493 e. The first-order valence-corrected chi connectivity index (χ1v) is 11.7. The predicted octanol–water partition coefficient (Wildman–Crippen LogP) is 1.02. The number of hydroxylamine groups is 1. The van der Waals surface area contributed by atoms with Gasteiger partial charge in [0.05, 0.1) is 12.6 Å². The smallest absolute Gasteiger partial charge is 0.327 e. The van der Waals surface area contributed by atoms with Crippen molar-refractivity contribution in [2.45, 2.75) is 32.4 Å². The van der Waals surface area contributed by atoms with Crippen molar-refractivity contribution >= 4 is 17.5 Å². The fourth-order valence-corrected chi connectivity index (χ4v) is 4.60. The van der Waals surface area contributed by atoms with Gasteiger partial charge in [-0.3, -0.25) is 18.8 Å². The normalized spacial score (nSPS) is 18.7. The molecule has 198 valence electrons. The highest BCUT2D eigenvalue weighted by Gasteiger charge is 2.50. The van der Waals surface area contributed by atoms with E-state index in [1.165, 1.54) is 11.9 Å². The van der Waals surface area contributed by atoms with E-state index in [2.05, 4.69) is 17.2 Å². The largest absolute Gasteiger partial charge is 0.493 e. The molecular weight excluding hydrogens is 493 g/mol. The Balaban J connectivity index is 1.95. The lowest BCUT2D eigenvalue weighted by Crippen LogP contribution is -2.61. The Labute approximate surface area is 210 Å². The van der Waals surface area contributed by atoms with Crippen LogP contribution in [0.5, 0.6) is 0 Å². The van der Waals surface area contributed by atoms with Gasteiger partial charge in [0.1, 0.15) is 0 Å². The molecule has 2 atom stereocenters. The highest BCUT2D eigenvalue weighted by atomic mass is 19.4. The Hall–Kier alpha value is -3.76. The molecule has 13 heteroatoms. The molecule has 0 radical (unpaired) electrons. The highest BCUT2D eigenvalue weighted by Crippen LogP contribution is 2.38. The van der Waals surface area contributed by atoms with Gasteiger partial charge in [0, 0.05) is 33.2 Å². The molecule has 0 amide bonds. The van der Waals surface area contributed by atoms with E-state index in [0.717, 1.165) is 9.13 Å². The zero-order valence-electron chi connectivity index (χ0n) is 20.6. The molecule has 4 rings (SSSR count). The number of nitrogens with zero attached hydrogens (tertiary/aromatic N) is 5. The van der Waals surface area contributed by atoms with E-state index in [-0.39, 0.29) is 18.1 Å². The molecule has 37 heavy (non-hydrogen) atoms. The van der Waals surface area contributed by atoms with Crippen LogP contribution in [0, 0.1) is 11.8 Å². The van der Waals surface area contributed by atoms with Crippen LogP contribution in [0.3, 0.4) is 0 Å². The fourth-order valence-electron chi connectivity index (χ4n) is 4.60. The summed E-state index contributed by atoms with van der Waals surface area (Å²) in [7, 11) is 1.33. The second-order valence-corrected chi connectivity index (χ2v) is 8.66. The zero-order chi connectivity index (χ0) is 26.9. The molecule has 0 saturated carbocycles. The third-order valence-corrected chi connectivity index (χ3v) is 6.41. The monoisotopic (exact) mass is 520 g/mol. The maximum absolute atomic E-state index is 13.9. The molecule has 0 aliphatic carbocycles. The van der Waals surface area contributed by atoms with E-state index in [9.17, 15) is 27.6 Å². The van der Waals surface area contributed by atoms with Gasteiger partial charge in [-0.25, -0.2) is 9.59 Å². The minimum Gasteiger partial charge on any atom is -0.327 e. The fraction of sp³-hybridized carbons (Fsp3) is 0.458. The van der Waals surface area contributed by atoms with Crippen molar-refractivity contribution in [3.05, 3.63) is 56.7 Å². The van der Waals surface area contributed by atoms with Crippen LogP contribution < -0.4 is 26.5 Å².